The van der Waals surface area contributed by atoms with E-state index in [1.165, 1.54) is 0 Å². The predicted octanol–water partition coefficient (Wildman–Crippen LogP) is 1.77. The number of halogens is 1. The maximum atomic E-state index is 11.3. The highest BCUT2D eigenvalue weighted by molar-refractivity contribution is 5.85. The third kappa shape index (κ3) is 6.37. The molecule has 4 nitrogen and oxygen atoms in total. The summed E-state index contributed by atoms with van der Waals surface area (Å²) in [7, 11) is 0. The molecule has 0 saturated heterocycles. The molecule has 0 aromatic heterocycles. The number of hydrogen-bond donors (Lipinski definition) is 1. The number of aryl methyl sites for hydroxylation is 1. The molecule has 0 fully saturated rings. The second-order valence-corrected chi connectivity index (χ2v) is 3.89. The Morgan fingerprint density at radius 2 is 1.78 bits per heavy atom. The minimum Gasteiger partial charge on any atom is -0.461 e. The van der Waals surface area contributed by atoms with Gasteiger partial charge in [0, 0.05) is 6.42 Å². The number of ether oxygens (including phenoxy) is 1. The van der Waals surface area contributed by atoms with E-state index in [1.54, 1.807) is 0 Å². The Bertz CT molecular complexity index is 390. The van der Waals surface area contributed by atoms with Crippen LogP contribution in [0.25, 0.3) is 0 Å². The first-order valence-corrected chi connectivity index (χ1v) is 5.54. The van der Waals surface area contributed by atoms with Crippen LogP contribution < -0.4 is 5.73 Å². The molecule has 1 aromatic rings. The van der Waals surface area contributed by atoms with Crippen LogP contribution in [0.4, 0.5) is 0 Å². The zero-order valence-electron chi connectivity index (χ0n) is 10.3. The lowest BCUT2D eigenvalue weighted by Crippen LogP contribution is -2.15. The number of rotatable bonds is 6. The molecule has 0 bridgehead atoms. The molecule has 0 amide bonds. The van der Waals surface area contributed by atoms with Crippen LogP contribution in [0.1, 0.15) is 24.0 Å². The van der Waals surface area contributed by atoms with Gasteiger partial charge in [-0.1, -0.05) is 29.8 Å². The summed E-state index contributed by atoms with van der Waals surface area (Å²) < 4.78 is 5.03. The summed E-state index contributed by atoms with van der Waals surface area (Å²) in [6.45, 7) is 2.22. The summed E-state index contributed by atoms with van der Waals surface area (Å²) in [5.41, 5.74) is 7.24. The molecule has 5 heteroatoms. The van der Waals surface area contributed by atoms with E-state index in [1.807, 2.05) is 31.2 Å². The maximum Gasteiger partial charge on any atom is 0.306 e. The number of carbonyl (C=O) groups excluding carboxylic acids is 2. The van der Waals surface area contributed by atoms with E-state index in [0.717, 1.165) is 11.1 Å². The van der Waals surface area contributed by atoms with Gasteiger partial charge in [0.05, 0.1) is 13.0 Å². The van der Waals surface area contributed by atoms with Crippen molar-refractivity contribution >= 4 is 24.2 Å². The molecule has 18 heavy (non-hydrogen) atoms. The van der Waals surface area contributed by atoms with Crippen LogP contribution in [0.2, 0.25) is 0 Å². The smallest absolute Gasteiger partial charge is 0.306 e. The van der Waals surface area contributed by atoms with E-state index >= 15 is 0 Å². The molecular formula is C13H18ClNO3. The second-order valence-electron chi connectivity index (χ2n) is 3.89. The fourth-order valence-electron chi connectivity index (χ4n) is 1.26. The zero-order chi connectivity index (χ0) is 12.7. The van der Waals surface area contributed by atoms with E-state index in [-0.39, 0.29) is 50.2 Å². The van der Waals surface area contributed by atoms with Crippen molar-refractivity contribution in [1.82, 2.24) is 0 Å². The fourth-order valence-corrected chi connectivity index (χ4v) is 1.26. The predicted molar refractivity (Wildman–Crippen MR) is 71.5 cm³/mol. The van der Waals surface area contributed by atoms with Gasteiger partial charge in [0.25, 0.3) is 0 Å². The van der Waals surface area contributed by atoms with Crippen LogP contribution in [0.5, 0.6) is 0 Å². The Kier molecular flexibility index (Phi) is 8.00. The number of Topliss-reactive ketones (excluding diaryl/α,β-unsaturated/α-hetero) is 1. The molecule has 0 saturated carbocycles. The van der Waals surface area contributed by atoms with Gasteiger partial charge in [-0.15, -0.1) is 12.4 Å². The third-order valence-corrected chi connectivity index (χ3v) is 2.36. The van der Waals surface area contributed by atoms with Crippen LogP contribution in [0, 0.1) is 6.92 Å². The highest BCUT2D eigenvalue weighted by Crippen LogP contribution is 2.05. The Morgan fingerprint density at radius 3 is 2.33 bits per heavy atom. The van der Waals surface area contributed by atoms with Gasteiger partial charge < -0.3 is 10.5 Å². The Hall–Kier alpha value is -1.39. The number of nitrogens with two attached hydrogens (primary N) is 1. The summed E-state index contributed by atoms with van der Waals surface area (Å²) in [6, 6.07) is 7.74. The van der Waals surface area contributed by atoms with Crippen LogP contribution in [-0.4, -0.2) is 18.3 Å². The summed E-state index contributed by atoms with van der Waals surface area (Å²) in [4.78, 5) is 22.2. The molecule has 0 aliphatic heterocycles. The van der Waals surface area contributed by atoms with Gasteiger partial charge in [0.1, 0.15) is 12.4 Å². The standard InChI is InChI=1S/C13H17NO3.ClH/c1-10-2-4-11(5-3-10)9-17-13(16)7-6-12(15)8-14;/h2-5H,6-9,14H2,1H3;1H. The lowest BCUT2D eigenvalue weighted by atomic mass is 10.2. The molecule has 0 aliphatic carbocycles. The number of ketones is 1. The summed E-state index contributed by atoms with van der Waals surface area (Å²) in [5, 5.41) is 0. The van der Waals surface area contributed by atoms with Gasteiger partial charge in [-0.05, 0) is 12.5 Å². The minimum absolute atomic E-state index is 0. The molecule has 0 aliphatic rings. The number of carbonyl (C=O) groups is 2. The van der Waals surface area contributed by atoms with Crippen LogP contribution in [-0.2, 0) is 20.9 Å². The van der Waals surface area contributed by atoms with Gasteiger partial charge in [0.2, 0.25) is 0 Å². The molecule has 0 atom stereocenters. The molecule has 2 N–H and O–H groups in total. The quantitative estimate of drug-likeness (QED) is 0.801. The van der Waals surface area contributed by atoms with Crippen molar-refractivity contribution in [3.8, 4) is 0 Å². The van der Waals surface area contributed by atoms with Crippen LogP contribution in [0.15, 0.2) is 24.3 Å². The van der Waals surface area contributed by atoms with Crippen molar-refractivity contribution in [2.24, 2.45) is 5.73 Å². The van der Waals surface area contributed by atoms with Crippen molar-refractivity contribution in [3.05, 3.63) is 35.4 Å². The van der Waals surface area contributed by atoms with Crippen LogP contribution in [0.3, 0.4) is 0 Å². The average molecular weight is 272 g/mol. The van der Waals surface area contributed by atoms with Crippen LogP contribution >= 0.6 is 12.4 Å². The molecule has 0 heterocycles. The van der Waals surface area contributed by atoms with Crippen molar-refractivity contribution in [2.45, 2.75) is 26.4 Å². The van der Waals surface area contributed by atoms with Crippen molar-refractivity contribution in [3.63, 3.8) is 0 Å². The zero-order valence-corrected chi connectivity index (χ0v) is 11.2. The maximum absolute atomic E-state index is 11.3. The monoisotopic (exact) mass is 271 g/mol. The Labute approximate surface area is 113 Å². The first-order valence-electron chi connectivity index (χ1n) is 5.54. The second kappa shape index (κ2) is 8.66. The lowest BCUT2D eigenvalue weighted by Gasteiger charge is -2.04. The topological polar surface area (TPSA) is 69.4 Å². The van der Waals surface area contributed by atoms with Gasteiger partial charge in [-0.3, -0.25) is 9.59 Å². The van der Waals surface area contributed by atoms with E-state index in [2.05, 4.69) is 0 Å². The molecule has 0 spiro atoms. The molecule has 0 radical (unpaired) electrons. The highest BCUT2D eigenvalue weighted by Gasteiger charge is 2.06. The van der Waals surface area contributed by atoms with Crippen molar-refractivity contribution < 1.29 is 14.3 Å². The largest absolute Gasteiger partial charge is 0.461 e. The molecule has 1 aromatic carbocycles. The summed E-state index contributed by atoms with van der Waals surface area (Å²) in [6.07, 6.45) is 0.255. The van der Waals surface area contributed by atoms with E-state index in [9.17, 15) is 9.59 Å². The van der Waals surface area contributed by atoms with Crippen molar-refractivity contribution in [1.29, 1.82) is 0 Å². The molecule has 100 valence electrons. The van der Waals surface area contributed by atoms with Gasteiger partial charge in [0.15, 0.2) is 0 Å². The van der Waals surface area contributed by atoms with E-state index in [0.29, 0.717) is 0 Å². The van der Waals surface area contributed by atoms with Gasteiger partial charge in [-0.25, -0.2) is 0 Å². The SMILES string of the molecule is Cc1ccc(COC(=O)CCC(=O)CN)cc1.Cl. The molecular weight excluding hydrogens is 254 g/mol. The molecule has 1 rings (SSSR count). The number of esters is 1. The third-order valence-electron chi connectivity index (χ3n) is 2.36. The molecule has 0 unspecified atom stereocenters. The first kappa shape index (κ1) is 16.6. The number of hydrogen-bond acceptors (Lipinski definition) is 4. The summed E-state index contributed by atoms with van der Waals surface area (Å²) in [5.74, 6) is -0.496. The van der Waals surface area contributed by atoms with Crippen molar-refractivity contribution in [2.75, 3.05) is 6.54 Å². The lowest BCUT2D eigenvalue weighted by molar-refractivity contribution is -0.146. The Balaban J connectivity index is 0.00000289. The normalized spacial score (nSPS) is 9.44. The fraction of sp³-hybridized carbons (Fsp3) is 0.385. The van der Waals surface area contributed by atoms with Gasteiger partial charge in [-0.2, -0.15) is 0 Å². The van der Waals surface area contributed by atoms with E-state index in [4.69, 9.17) is 10.5 Å². The Morgan fingerprint density at radius 1 is 1.17 bits per heavy atom. The first-order chi connectivity index (χ1) is 8.11. The number of benzene rings is 1. The van der Waals surface area contributed by atoms with E-state index < -0.39 is 0 Å². The highest BCUT2D eigenvalue weighted by atomic mass is 35.5. The summed E-state index contributed by atoms with van der Waals surface area (Å²) >= 11 is 0. The minimum atomic E-state index is -0.368. The average Bonchev–Trinajstić information content (AvgIpc) is 2.35. The van der Waals surface area contributed by atoms with Gasteiger partial charge >= 0.3 is 5.97 Å².